The second-order valence-corrected chi connectivity index (χ2v) is 8.07. The van der Waals surface area contributed by atoms with Crippen molar-refractivity contribution in [3.63, 3.8) is 0 Å². The van der Waals surface area contributed by atoms with Crippen LogP contribution in [0.3, 0.4) is 0 Å². The van der Waals surface area contributed by atoms with E-state index in [4.69, 9.17) is 11.6 Å². The normalized spacial score (nSPS) is 21.6. The molecule has 0 radical (unpaired) electrons. The maximum atomic E-state index is 12.6. The third-order valence-electron chi connectivity index (χ3n) is 4.28. The highest BCUT2D eigenvalue weighted by atomic mass is 35.5. The molecule has 0 amide bonds. The Morgan fingerprint density at radius 1 is 1.05 bits per heavy atom. The SMILES string of the molecule is O=S(=O)(c1ccc(CCCl)cc1)N1CCN(C2CC2)CC1. The smallest absolute Gasteiger partial charge is 0.243 e. The van der Waals surface area contributed by atoms with Crippen LogP contribution in [0, 0.1) is 0 Å². The van der Waals surface area contributed by atoms with Crippen molar-refractivity contribution in [1.29, 1.82) is 0 Å². The number of benzene rings is 1. The number of aryl methyl sites for hydroxylation is 1. The Balaban J connectivity index is 1.68. The van der Waals surface area contributed by atoms with Crippen molar-refractivity contribution in [2.75, 3.05) is 32.1 Å². The first kappa shape index (κ1) is 15.3. The predicted molar refractivity (Wildman–Crippen MR) is 84.2 cm³/mol. The van der Waals surface area contributed by atoms with Crippen LogP contribution >= 0.6 is 11.6 Å². The van der Waals surface area contributed by atoms with Crippen LogP contribution in [0.15, 0.2) is 29.2 Å². The van der Waals surface area contributed by atoms with E-state index in [1.54, 1.807) is 16.4 Å². The number of hydrogen-bond acceptors (Lipinski definition) is 3. The molecule has 1 aliphatic heterocycles. The molecule has 0 unspecified atom stereocenters. The van der Waals surface area contributed by atoms with Gasteiger partial charge in [0.25, 0.3) is 0 Å². The second kappa shape index (κ2) is 6.24. The Morgan fingerprint density at radius 3 is 2.19 bits per heavy atom. The first-order valence-corrected chi connectivity index (χ1v) is 9.48. The maximum absolute atomic E-state index is 12.6. The average Bonchev–Trinajstić information content (AvgIpc) is 3.33. The van der Waals surface area contributed by atoms with Crippen molar-refractivity contribution >= 4 is 21.6 Å². The molecule has 1 saturated carbocycles. The zero-order valence-corrected chi connectivity index (χ0v) is 13.6. The average molecular weight is 329 g/mol. The van der Waals surface area contributed by atoms with Gasteiger partial charge in [-0.1, -0.05) is 12.1 Å². The molecular formula is C15H21ClN2O2S. The minimum absolute atomic E-state index is 0.390. The van der Waals surface area contributed by atoms with E-state index in [1.165, 1.54) is 12.8 Å². The Kier molecular flexibility index (Phi) is 4.54. The summed E-state index contributed by atoms with van der Waals surface area (Å²) < 4.78 is 26.9. The van der Waals surface area contributed by atoms with Gasteiger partial charge < -0.3 is 0 Å². The number of sulfonamides is 1. The number of hydrogen-bond donors (Lipinski definition) is 0. The number of piperazine rings is 1. The third-order valence-corrected chi connectivity index (χ3v) is 6.38. The van der Waals surface area contributed by atoms with Crippen LogP contribution in [0.5, 0.6) is 0 Å². The molecule has 2 fully saturated rings. The zero-order valence-electron chi connectivity index (χ0n) is 12.0. The summed E-state index contributed by atoms with van der Waals surface area (Å²) in [5.41, 5.74) is 1.07. The highest BCUT2D eigenvalue weighted by Crippen LogP contribution is 2.28. The summed E-state index contributed by atoms with van der Waals surface area (Å²) in [4.78, 5) is 2.80. The van der Waals surface area contributed by atoms with Crippen LogP contribution in [0.4, 0.5) is 0 Å². The zero-order chi connectivity index (χ0) is 14.9. The van der Waals surface area contributed by atoms with Gasteiger partial charge in [-0.05, 0) is 37.0 Å². The highest BCUT2D eigenvalue weighted by Gasteiger charge is 2.34. The van der Waals surface area contributed by atoms with E-state index in [9.17, 15) is 8.42 Å². The van der Waals surface area contributed by atoms with Crippen molar-refractivity contribution in [3.8, 4) is 0 Å². The molecule has 3 rings (SSSR count). The number of rotatable bonds is 5. The molecular weight excluding hydrogens is 308 g/mol. The fourth-order valence-corrected chi connectivity index (χ4v) is 4.48. The van der Waals surface area contributed by atoms with Gasteiger partial charge in [0.2, 0.25) is 10.0 Å². The molecule has 1 saturated heterocycles. The highest BCUT2D eigenvalue weighted by molar-refractivity contribution is 7.89. The molecule has 0 aromatic heterocycles. The van der Waals surface area contributed by atoms with Gasteiger partial charge >= 0.3 is 0 Å². The fraction of sp³-hybridized carbons (Fsp3) is 0.600. The van der Waals surface area contributed by atoms with Crippen LogP contribution in [-0.4, -0.2) is 55.7 Å². The standard InChI is InChI=1S/C15H21ClN2O2S/c16-8-7-13-1-5-15(6-2-13)21(19,20)18-11-9-17(10-12-18)14-3-4-14/h1-2,5-6,14H,3-4,7-12H2. The maximum Gasteiger partial charge on any atom is 0.243 e. The van der Waals surface area contributed by atoms with Crippen LogP contribution < -0.4 is 0 Å². The van der Waals surface area contributed by atoms with Crippen LogP contribution in [0.25, 0.3) is 0 Å². The Labute approximate surface area is 131 Å². The molecule has 1 heterocycles. The Bertz CT molecular complexity index is 576. The summed E-state index contributed by atoms with van der Waals surface area (Å²) >= 11 is 5.70. The topological polar surface area (TPSA) is 40.6 Å². The van der Waals surface area contributed by atoms with Gasteiger partial charge in [-0.25, -0.2) is 8.42 Å². The second-order valence-electron chi connectivity index (χ2n) is 5.75. The molecule has 0 atom stereocenters. The van der Waals surface area contributed by atoms with Crippen molar-refractivity contribution in [1.82, 2.24) is 9.21 Å². The first-order chi connectivity index (χ1) is 10.1. The Morgan fingerprint density at radius 2 is 1.67 bits per heavy atom. The van der Waals surface area contributed by atoms with E-state index < -0.39 is 10.0 Å². The molecule has 1 aromatic rings. The van der Waals surface area contributed by atoms with Crippen LogP contribution in [0.1, 0.15) is 18.4 Å². The molecule has 0 N–H and O–H groups in total. The van der Waals surface area contributed by atoms with Crippen LogP contribution in [-0.2, 0) is 16.4 Å². The number of halogens is 1. The fourth-order valence-electron chi connectivity index (χ4n) is 2.84. The molecule has 1 aliphatic carbocycles. The summed E-state index contributed by atoms with van der Waals surface area (Å²) in [5.74, 6) is 0.551. The quantitative estimate of drug-likeness (QED) is 0.776. The lowest BCUT2D eigenvalue weighted by Crippen LogP contribution is -2.49. The molecule has 4 nitrogen and oxygen atoms in total. The molecule has 6 heteroatoms. The monoisotopic (exact) mass is 328 g/mol. The summed E-state index contributed by atoms with van der Waals surface area (Å²) in [6, 6.07) is 7.82. The minimum atomic E-state index is -3.35. The summed E-state index contributed by atoms with van der Waals surface area (Å²) in [5, 5.41) is 0. The lowest BCUT2D eigenvalue weighted by molar-refractivity contribution is 0.180. The number of nitrogens with zero attached hydrogens (tertiary/aromatic N) is 2. The molecule has 21 heavy (non-hydrogen) atoms. The molecule has 2 aliphatic rings. The molecule has 116 valence electrons. The van der Waals surface area contributed by atoms with E-state index in [0.717, 1.165) is 25.1 Å². The van der Waals surface area contributed by atoms with Gasteiger partial charge in [-0.15, -0.1) is 11.6 Å². The molecule has 0 bridgehead atoms. The van der Waals surface area contributed by atoms with Gasteiger partial charge in [-0.2, -0.15) is 4.31 Å². The molecule has 0 spiro atoms. The van der Waals surface area contributed by atoms with E-state index in [0.29, 0.717) is 29.9 Å². The summed E-state index contributed by atoms with van der Waals surface area (Å²) in [7, 11) is -3.35. The van der Waals surface area contributed by atoms with E-state index in [-0.39, 0.29) is 0 Å². The summed E-state index contributed by atoms with van der Waals surface area (Å²) in [6.45, 7) is 2.91. The van der Waals surface area contributed by atoms with Gasteiger partial charge in [0, 0.05) is 38.1 Å². The van der Waals surface area contributed by atoms with Gasteiger partial charge in [0.1, 0.15) is 0 Å². The Hall–Kier alpha value is -0.620. The first-order valence-electron chi connectivity index (χ1n) is 7.50. The number of alkyl halides is 1. The van der Waals surface area contributed by atoms with Gasteiger partial charge in [-0.3, -0.25) is 4.90 Å². The molecule has 1 aromatic carbocycles. The van der Waals surface area contributed by atoms with Crippen molar-refractivity contribution in [2.24, 2.45) is 0 Å². The van der Waals surface area contributed by atoms with Gasteiger partial charge in [0.05, 0.1) is 4.90 Å². The van der Waals surface area contributed by atoms with Crippen molar-refractivity contribution < 1.29 is 8.42 Å². The van der Waals surface area contributed by atoms with E-state index >= 15 is 0 Å². The third kappa shape index (κ3) is 3.42. The predicted octanol–water partition coefficient (Wildman–Crippen LogP) is 1.94. The largest absolute Gasteiger partial charge is 0.298 e. The van der Waals surface area contributed by atoms with E-state index in [2.05, 4.69) is 4.90 Å². The lowest BCUT2D eigenvalue weighted by atomic mass is 10.2. The summed E-state index contributed by atoms with van der Waals surface area (Å²) in [6.07, 6.45) is 3.31. The van der Waals surface area contributed by atoms with Crippen molar-refractivity contribution in [3.05, 3.63) is 29.8 Å². The van der Waals surface area contributed by atoms with Crippen molar-refractivity contribution in [2.45, 2.75) is 30.2 Å². The van der Waals surface area contributed by atoms with Gasteiger partial charge in [0.15, 0.2) is 0 Å². The van der Waals surface area contributed by atoms with E-state index in [1.807, 2.05) is 12.1 Å². The lowest BCUT2D eigenvalue weighted by Gasteiger charge is -2.34. The minimum Gasteiger partial charge on any atom is -0.298 e. The van der Waals surface area contributed by atoms with Crippen LogP contribution in [0.2, 0.25) is 0 Å².